The van der Waals surface area contributed by atoms with Gasteiger partial charge in [-0.2, -0.15) is 0 Å². The molecular weight excluding hydrogens is 230 g/mol. The summed E-state index contributed by atoms with van der Waals surface area (Å²) in [5.41, 5.74) is 2.56. The number of carbonyl (C=O) groups is 1. The molecule has 2 aliphatic rings. The fourth-order valence-corrected chi connectivity index (χ4v) is 2.60. The lowest BCUT2D eigenvalue weighted by atomic mass is 10.0. The summed E-state index contributed by atoms with van der Waals surface area (Å²) in [5, 5.41) is 0. The molecule has 0 bridgehead atoms. The molecule has 0 amide bonds. The summed E-state index contributed by atoms with van der Waals surface area (Å²) in [4.78, 5) is 20.6. The molecule has 0 saturated carbocycles. The van der Waals surface area contributed by atoms with Crippen LogP contribution in [0.15, 0.2) is 16.3 Å². The molecule has 0 aromatic carbocycles. The van der Waals surface area contributed by atoms with Gasteiger partial charge in [0.15, 0.2) is 0 Å². The van der Waals surface area contributed by atoms with Crippen molar-refractivity contribution >= 4 is 11.8 Å². The first-order valence-corrected chi connectivity index (χ1v) is 6.25. The Labute approximate surface area is 108 Å². The number of carbonyl (C=O) groups excluding carboxylic acids is 1. The van der Waals surface area contributed by atoms with E-state index in [-0.39, 0.29) is 18.1 Å². The molecule has 1 fully saturated rings. The third kappa shape index (κ3) is 2.03. The maximum absolute atomic E-state index is 11.8. The smallest absolute Gasteiger partial charge is 0.324 e. The number of amidine groups is 1. The van der Waals surface area contributed by atoms with Crippen LogP contribution in [0.25, 0.3) is 0 Å². The molecule has 0 aliphatic carbocycles. The van der Waals surface area contributed by atoms with E-state index in [9.17, 15) is 4.79 Å². The molecule has 0 aromatic heterocycles. The van der Waals surface area contributed by atoms with Gasteiger partial charge in [-0.1, -0.05) is 0 Å². The highest BCUT2D eigenvalue weighted by atomic mass is 16.5. The average Bonchev–Trinajstić information content (AvgIpc) is 2.34. The van der Waals surface area contributed by atoms with Gasteiger partial charge in [-0.15, -0.1) is 0 Å². The van der Waals surface area contributed by atoms with Gasteiger partial charge in [0.25, 0.3) is 0 Å². The van der Waals surface area contributed by atoms with E-state index in [0.29, 0.717) is 6.54 Å². The minimum atomic E-state index is -0.217. The monoisotopic (exact) mass is 251 g/mol. The lowest BCUT2D eigenvalue weighted by Gasteiger charge is -2.44. The molecule has 0 N–H and O–H groups in total. The fourth-order valence-electron chi connectivity index (χ4n) is 2.60. The van der Waals surface area contributed by atoms with Gasteiger partial charge in [-0.3, -0.25) is 14.7 Å². The van der Waals surface area contributed by atoms with Crippen molar-refractivity contribution in [3.8, 4) is 0 Å². The van der Waals surface area contributed by atoms with Gasteiger partial charge in [0.2, 0.25) is 0 Å². The predicted octanol–water partition coefficient (Wildman–Crippen LogP) is 0.870. The van der Waals surface area contributed by atoms with Crippen molar-refractivity contribution in [2.75, 3.05) is 27.2 Å². The Morgan fingerprint density at radius 2 is 2.11 bits per heavy atom. The van der Waals surface area contributed by atoms with E-state index < -0.39 is 0 Å². The Balaban J connectivity index is 2.29. The second kappa shape index (κ2) is 4.72. The van der Waals surface area contributed by atoms with Crippen molar-refractivity contribution < 1.29 is 9.53 Å². The number of aliphatic imine (C=N–C) groups is 1. The Bertz CT molecular complexity index is 428. The van der Waals surface area contributed by atoms with Crippen molar-refractivity contribution in [1.29, 1.82) is 0 Å². The van der Waals surface area contributed by atoms with Gasteiger partial charge in [0.1, 0.15) is 11.9 Å². The standard InChI is InChI=1S/C13H21N3O2/c1-8-9(2)14-10(3)16-7-12(13(17)18-5)15(4)6-11(8)16/h9,12H,6-7H2,1-5H3. The predicted molar refractivity (Wildman–Crippen MR) is 70.4 cm³/mol. The second-order valence-corrected chi connectivity index (χ2v) is 5.05. The van der Waals surface area contributed by atoms with Crippen LogP contribution in [0.3, 0.4) is 0 Å². The van der Waals surface area contributed by atoms with Crippen molar-refractivity contribution in [3.05, 3.63) is 11.3 Å². The molecule has 2 unspecified atom stereocenters. The van der Waals surface area contributed by atoms with E-state index in [0.717, 1.165) is 12.4 Å². The number of hydrogen-bond donors (Lipinski definition) is 0. The third-order valence-corrected chi connectivity index (χ3v) is 3.94. The average molecular weight is 251 g/mol. The summed E-state index contributed by atoms with van der Waals surface area (Å²) in [5.74, 6) is 0.811. The summed E-state index contributed by atoms with van der Waals surface area (Å²) in [6.07, 6.45) is 0. The zero-order valence-corrected chi connectivity index (χ0v) is 11.7. The number of piperazine rings is 1. The number of nitrogens with zero attached hydrogens (tertiary/aromatic N) is 3. The van der Waals surface area contributed by atoms with E-state index in [2.05, 4.69) is 23.7 Å². The van der Waals surface area contributed by atoms with Gasteiger partial charge >= 0.3 is 5.97 Å². The summed E-state index contributed by atoms with van der Waals surface area (Å²) in [6.45, 7) is 7.62. The number of rotatable bonds is 1. The molecule has 5 heteroatoms. The number of likely N-dealkylation sites (N-methyl/N-ethyl adjacent to an activating group) is 1. The molecule has 2 atom stereocenters. The summed E-state index contributed by atoms with van der Waals surface area (Å²) < 4.78 is 4.86. The zero-order chi connectivity index (χ0) is 13.4. The van der Waals surface area contributed by atoms with Crippen molar-refractivity contribution in [2.24, 2.45) is 4.99 Å². The van der Waals surface area contributed by atoms with Crippen molar-refractivity contribution in [2.45, 2.75) is 32.9 Å². The number of fused-ring (bicyclic) bond motifs is 1. The second-order valence-electron chi connectivity index (χ2n) is 5.05. The lowest BCUT2D eigenvalue weighted by molar-refractivity contribution is -0.147. The third-order valence-electron chi connectivity index (χ3n) is 3.94. The fraction of sp³-hybridized carbons (Fsp3) is 0.692. The van der Waals surface area contributed by atoms with Crippen LogP contribution >= 0.6 is 0 Å². The number of ether oxygens (including phenoxy) is 1. The zero-order valence-electron chi connectivity index (χ0n) is 11.7. The first-order valence-electron chi connectivity index (χ1n) is 6.25. The van der Waals surface area contributed by atoms with Gasteiger partial charge in [-0.25, -0.2) is 0 Å². The largest absolute Gasteiger partial charge is 0.468 e. The Morgan fingerprint density at radius 1 is 1.44 bits per heavy atom. The molecule has 0 spiro atoms. The maximum atomic E-state index is 11.8. The minimum absolute atomic E-state index is 0.180. The molecule has 2 heterocycles. The van der Waals surface area contributed by atoms with Crippen LogP contribution in [-0.4, -0.2) is 60.9 Å². The van der Waals surface area contributed by atoms with E-state index in [1.165, 1.54) is 18.4 Å². The SMILES string of the molecule is COC(=O)C1CN2C(C)=NC(C)C(C)=C2CN1C. The van der Waals surface area contributed by atoms with Gasteiger partial charge in [-0.05, 0) is 33.4 Å². The summed E-state index contributed by atoms with van der Waals surface area (Å²) >= 11 is 0. The number of hydrogen-bond acceptors (Lipinski definition) is 5. The first-order chi connectivity index (χ1) is 8.45. The molecule has 2 aliphatic heterocycles. The van der Waals surface area contributed by atoms with E-state index in [1.54, 1.807) is 0 Å². The highest BCUT2D eigenvalue weighted by Crippen LogP contribution is 2.27. The maximum Gasteiger partial charge on any atom is 0.324 e. The van der Waals surface area contributed by atoms with Crippen LogP contribution in [0.1, 0.15) is 20.8 Å². The molecular formula is C13H21N3O2. The van der Waals surface area contributed by atoms with Crippen molar-refractivity contribution in [3.63, 3.8) is 0 Å². The molecule has 1 saturated heterocycles. The number of esters is 1. The van der Waals surface area contributed by atoms with E-state index >= 15 is 0 Å². The molecule has 100 valence electrons. The Morgan fingerprint density at radius 3 is 2.72 bits per heavy atom. The van der Waals surface area contributed by atoms with Crippen LogP contribution in [0.2, 0.25) is 0 Å². The van der Waals surface area contributed by atoms with E-state index in [4.69, 9.17) is 4.74 Å². The highest BCUT2D eigenvalue weighted by Gasteiger charge is 2.36. The lowest BCUT2D eigenvalue weighted by Crippen LogP contribution is -2.56. The summed E-state index contributed by atoms with van der Waals surface area (Å²) in [7, 11) is 3.40. The van der Waals surface area contributed by atoms with Gasteiger partial charge in [0, 0.05) is 12.2 Å². The van der Waals surface area contributed by atoms with Gasteiger partial charge < -0.3 is 9.64 Å². The van der Waals surface area contributed by atoms with Crippen molar-refractivity contribution in [1.82, 2.24) is 9.80 Å². The molecule has 0 radical (unpaired) electrons. The normalized spacial score (nSPS) is 28.9. The minimum Gasteiger partial charge on any atom is -0.468 e. The van der Waals surface area contributed by atoms with Crippen LogP contribution in [0.5, 0.6) is 0 Å². The molecule has 0 aromatic rings. The van der Waals surface area contributed by atoms with Crippen LogP contribution in [-0.2, 0) is 9.53 Å². The Kier molecular flexibility index (Phi) is 3.43. The quantitative estimate of drug-likeness (QED) is 0.649. The van der Waals surface area contributed by atoms with Gasteiger partial charge in [0.05, 0.1) is 19.7 Å². The summed E-state index contributed by atoms with van der Waals surface area (Å²) in [6, 6.07) is 0.0180. The first kappa shape index (κ1) is 13.1. The van der Waals surface area contributed by atoms with Crippen LogP contribution < -0.4 is 0 Å². The molecule has 2 rings (SSSR count). The topological polar surface area (TPSA) is 45.1 Å². The molecule has 18 heavy (non-hydrogen) atoms. The number of methoxy groups -OCH3 is 1. The van der Waals surface area contributed by atoms with Crippen LogP contribution in [0, 0.1) is 0 Å². The van der Waals surface area contributed by atoms with Crippen LogP contribution in [0.4, 0.5) is 0 Å². The Hall–Kier alpha value is -1.36. The molecule has 5 nitrogen and oxygen atoms in total. The van der Waals surface area contributed by atoms with E-state index in [1.807, 2.05) is 18.9 Å². The highest BCUT2D eigenvalue weighted by molar-refractivity contribution is 5.85.